The van der Waals surface area contributed by atoms with Gasteiger partial charge in [-0.3, -0.25) is 4.79 Å². The average Bonchev–Trinajstić information content (AvgIpc) is 3.21. The van der Waals surface area contributed by atoms with Gasteiger partial charge in [0.2, 0.25) is 5.95 Å². The van der Waals surface area contributed by atoms with Crippen LogP contribution >= 0.6 is 0 Å². The van der Waals surface area contributed by atoms with Crippen LogP contribution < -0.4 is 20.1 Å². The Kier molecular flexibility index (Phi) is 5.34. The van der Waals surface area contributed by atoms with Gasteiger partial charge < -0.3 is 20.1 Å². The van der Waals surface area contributed by atoms with E-state index in [1.807, 2.05) is 50.2 Å². The summed E-state index contributed by atoms with van der Waals surface area (Å²) in [4.78, 5) is 13.4. The number of rotatable bonds is 6. The van der Waals surface area contributed by atoms with Gasteiger partial charge in [-0.15, -0.1) is 0 Å². The lowest BCUT2D eigenvalue weighted by molar-refractivity contribution is -0.113. The summed E-state index contributed by atoms with van der Waals surface area (Å²) in [6.45, 7) is 4.29. The highest BCUT2D eigenvalue weighted by molar-refractivity contribution is 6.06. The Morgan fingerprint density at radius 1 is 1.23 bits per heavy atom. The molecule has 9 heteroatoms. The van der Waals surface area contributed by atoms with E-state index < -0.39 is 6.04 Å². The molecule has 30 heavy (non-hydrogen) atoms. The first-order valence-corrected chi connectivity index (χ1v) is 9.55. The number of fused-ring (bicyclic) bond motifs is 1. The summed E-state index contributed by atoms with van der Waals surface area (Å²) >= 11 is 0. The molecule has 1 atom stereocenters. The maximum absolute atomic E-state index is 13.4. The van der Waals surface area contributed by atoms with E-state index in [0.717, 1.165) is 5.56 Å². The molecule has 0 bridgehead atoms. The van der Waals surface area contributed by atoms with Crippen molar-refractivity contribution in [2.75, 3.05) is 24.4 Å². The van der Waals surface area contributed by atoms with Crippen LogP contribution in [-0.2, 0) is 4.79 Å². The number of allylic oxidation sites excluding steroid dienone is 1. The van der Waals surface area contributed by atoms with Crippen LogP contribution in [0.4, 0.5) is 11.6 Å². The van der Waals surface area contributed by atoms with E-state index in [1.165, 1.54) is 0 Å². The van der Waals surface area contributed by atoms with Crippen LogP contribution in [0.5, 0.6) is 11.5 Å². The predicted octanol–water partition coefficient (Wildman–Crippen LogP) is 3.01. The van der Waals surface area contributed by atoms with Crippen molar-refractivity contribution in [2.24, 2.45) is 0 Å². The lowest BCUT2D eigenvalue weighted by Gasteiger charge is -2.28. The first-order valence-electron chi connectivity index (χ1n) is 9.55. The summed E-state index contributed by atoms with van der Waals surface area (Å²) in [5.74, 6) is 1.47. The van der Waals surface area contributed by atoms with Gasteiger partial charge in [-0.25, -0.2) is 0 Å². The maximum Gasteiger partial charge on any atom is 0.255 e. The van der Waals surface area contributed by atoms with E-state index >= 15 is 0 Å². The molecule has 0 radical (unpaired) electrons. The molecule has 2 aromatic carbocycles. The van der Waals surface area contributed by atoms with Crippen LogP contribution in [0.2, 0.25) is 0 Å². The number of para-hydroxylation sites is 2. The fourth-order valence-electron chi connectivity index (χ4n) is 3.49. The van der Waals surface area contributed by atoms with Crippen molar-refractivity contribution in [1.29, 1.82) is 0 Å². The Bertz CT molecular complexity index is 1110. The molecule has 1 aliphatic rings. The molecule has 4 rings (SSSR count). The second-order valence-electron chi connectivity index (χ2n) is 6.67. The first kappa shape index (κ1) is 19.4. The van der Waals surface area contributed by atoms with Crippen LogP contribution in [-0.4, -0.2) is 39.8 Å². The summed E-state index contributed by atoms with van der Waals surface area (Å²) in [6, 6.07) is 14.3. The van der Waals surface area contributed by atoms with E-state index in [2.05, 4.69) is 26.2 Å². The number of carbonyl (C=O) groups excluding carboxylic acids is 1. The van der Waals surface area contributed by atoms with Crippen LogP contribution in [0.25, 0.3) is 0 Å². The molecule has 0 fully saturated rings. The number of methoxy groups -OCH3 is 1. The molecule has 9 nitrogen and oxygen atoms in total. The lowest BCUT2D eigenvalue weighted by atomic mass is 9.94. The summed E-state index contributed by atoms with van der Waals surface area (Å²) in [5, 5.41) is 18.0. The Hall–Kier alpha value is -3.88. The van der Waals surface area contributed by atoms with Crippen LogP contribution in [0.1, 0.15) is 25.5 Å². The zero-order valence-corrected chi connectivity index (χ0v) is 16.9. The van der Waals surface area contributed by atoms with E-state index in [4.69, 9.17) is 9.47 Å². The van der Waals surface area contributed by atoms with Crippen molar-refractivity contribution in [2.45, 2.75) is 19.9 Å². The van der Waals surface area contributed by atoms with Gasteiger partial charge in [0.15, 0.2) is 0 Å². The van der Waals surface area contributed by atoms with Crippen molar-refractivity contribution in [3.05, 3.63) is 65.4 Å². The molecule has 2 heterocycles. The number of hydrogen-bond acceptors (Lipinski definition) is 7. The number of nitrogens with one attached hydrogen (secondary N) is 2. The molecule has 0 saturated carbocycles. The Morgan fingerprint density at radius 3 is 2.87 bits per heavy atom. The largest absolute Gasteiger partial charge is 0.495 e. The van der Waals surface area contributed by atoms with Crippen LogP contribution in [0.15, 0.2) is 59.8 Å². The summed E-state index contributed by atoms with van der Waals surface area (Å²) in [5.41, 5.74) is 2.57. The number of hydrogen-bond donors (Lipinski definition) is 2. The second kappa shape index (κ2) is 8.24. The van der Waals surface area contributed by atoms with Crippen molar-refractivity contribution >= 4 is 17.5 Å². The van der Waals surface area contributed by atoms with Gasteiger partial charge in [0, 0.05) is 5.70 Å². The number of amides is 1. The van der Waals surface area contributed by atoms with Crippen molar-refractivity contribution in [3.8, 4) is 11.5 Å². The van der Waals surface area contributed by atoms with Crippen molar-refractivity contribution < 1.29 is 14.3 Å². The van der Waals surface area contributed by atoms with Crippen molar-refractivity contribution in [1.82, 2.24) is 20.2 Å². The summed E-state index contributed by atoms with van der Waals surface area (Å²) in [6.07, 6.45) is 0. The lowest BCUT2D eigenvalue weighted by Crippen LogP contribution is -2.31. The van der Waals surface area contributed by atoms with Gasteiger partial charge in [-0.2, -0.15) is 4.68 Å². The predicted molar refractivity (Wildman–Crippen MR) is 112 cm³/mol. The molecular weight excluding hydrogens is 384 g/mol. The number of benzene rings is 2. The number of aromatic nitrogens is 4. The zero-order valence-electron chi connectivity index (χ0n) is 16.9. The zero-order chi connectivity index (χ0) is 21.1. The Morgan fingerprint density at radius 2 is 2.07 bits per heavy atom. The minimum Gasteiger partial charge on any atom is -0.495 e. The SMILES string of the molecule is CCOc1cccc([C@@H]2C(C(=O)Nc3ccccc3OC)=C(C)Nc3nnnn32)c1. The molecule has 0 saturated heterocycles. The quantitative estimate of drug-likeness (QED) is 0.649. The third-order valence-electron chi connectivity index (χ3n) is 4.80. The maximum atomic E-state index is 13.4. The fraction of sp³-hybridized carbons (Fsp3) is 0.238. The first-order chi connectivity index (χ1) is 14.6. The molecule has 0 aliphatic carbocycles. The standard InChI is InChI=1S/C21H22N6O3/c1-4-30-15-9-7-8-14(12-15)19-18(13(2)22-21-24-25-26-27(19)21)20(28)23-16-10-5-6-11-17(16)29-3/h5-12,19H,4H2,1-3H3,(H,23,28)(H,22,24,26)/t19-/m1/s1. The smallest absolute Gasteiger partial charge is 0.255 e. The van der Waals surface area contributed by atoms with Gasteiger partial charge in [0.25, 0.3) is 5.91 Å². The van der Waals surface area contributed by atoms with E-state index in [0.29, 0.717) is 41.0 Å². The molecule has 1 aromatic heterocycles. The highest BCUT2D eigenvalue weighted by Gasteiger charge is 2.34. The van der Waals surface area contributed by atoms with Gasteiger partial charge in [0.05, 0.1) is 25.0 Å². The molecule has 2 N–H and O–H groups in total. The molecule has 154 valence electrons. The number of tetrazole rings is 1. The summed E-state index contributed by atoms with van der Waals surface area (Å²) in [7, 11) is 1.56. The van der Waals surface area contributed by atoms with E-state index in [-0.39, 0.29) is 5.91 Å². The second-order valence-corrected chi connectivity index (χ2v) is 6.67. The average molecular weight is 406 g/mol. The highest BCUT2D eigenvalue weighted by atomic mass is 16.5. The fourth-order valence-corrected chi connectivity index (χ4v) is 3.49. The molecule has 0 spiro atoms. The summed E-state index contributed by atoms with van der Waals surface area (Å²) < 4.78 is 12.6. The third kappa shape index (κ3) is 3.57. The molecule has 3 aromatic rings. The third-order valence-corrected chi connectivity index (χ3v) is 4.80. The number of ether oxygens (including phenoxy) is 2. The topological polar surface area (TPSA) is 103 Å². The van der Waals surface area contributed by atoms with E-state index in [9.17, 15) is 4.79 Å². The Labute approximate surface area is 173 Å². The minimum atomic E-state index is -0.522. The normalized spacial score (nSPS) is 15.2. The molecule has 1 amide bonds. The number of carbonyl (C=O) groups is 1. The monoisotopic (exact) mass is 406 g/mol. The van der Waals surface area contributed by atoms with E-state index in [1.54, 1.807) is 23.9 Å². The van der Waals surface area contributed by atoms with Crippen LogP contribution in [0.3, 0.4) is 0 Å². The van der Waals surface area contributed by atoms with Gasteiger partial charge in [-0.05, 0) is 54.1 Å². The molecule has 1 aliphatic heterocycles. The number of nitrogens with zero attached hydrogens (tertiary/aromatic N) is 4. The number of anilines is 2. The molecule has 0 unspecified atom stereocenters. The van der Waals surface area contributed by atoms with Gasteiger partial charge in [-0.1, -0.05) is 29.4 Å². The molecular formula is C21H22N6O3. The highest BCUT2D eigenvalue weighted by Crippen LogP contribution is 2.36. The Balaban J connectivity index is 1.76. The van der Waals surface area contributed by atoms with Gasteiger partial charge >= 0.3 is 0 Å². The minimum absolute atomic E-state index is 0.280. The van der Waals surface area contributed by atoms with Crippen molar-refractivity contribution in [3.63, 3.8) is 0 Å². The van der Waals surface area contributed by atoms with Crippen LogP contribution in [0, 0.1) is 0 Å². The van der Waals surface area contributed by atoms with Gasteiger partial charge in [0.1, 0.15) is 17.5 Å².